The molecular weight excluding hydrogens is 451 g/mol. The first kappa shape index (κ1) is 24.8. The number of halogens is 3. The van der Waals surface area contributed by atoms with Crippen LogP contribution in [0.4, 0.5) is 18.9 Å². The molecule has 2 amide bonds. The molecule has 0 aliphatic heterocycles. The summed E-state index contributed by atoms with van der Waals surface area (Å²) in [5, 5.41) is 6.12. The Morgan fingerprint density at radius 2 is 1.85 bits per heavy atom. The monoisotopic (exact) mass is 475 g/mol. The van der Waals surface area contributed by atoms with Crippen molar-refractivity contribution in [3.63, 3.8) is 0 Å². The molecular formula is C24H24F3N3O4. The number of rotatable bonds is 8. The minimum absolute atomic E-state index is 0.178. The third kappa shape index (κ3) is 5.94. The second-order valence-electron chi connectivity index (χ2n) is 7.53. The minimum atomic E-state index is -4.62. The Labute approximate surface area is 194 Å². The Morgan fingerprint density at radius 1 is 1.12 bits per heavy atom. The van der Waals surface area contributed by atoms with Crippen LogP contribution in [0.15, 0.2) is 53.1 Å². The molecule has 2 aromatic carbocycles. The molecule has 1 aromatic heterocycles. The van der Waals surface area contributed by atoms with E-state index < -0.39 is 30.1 Å². The fraction of sp³-hybridized carbons (Fsp3) is 0.292. The van der Waals surface area contributed by atoms with Crippen molar-refractivity contribution in [3.8, 4) is 5.75 Å². The standard InChI is InChI=1S/C24H24F3N3O4/c1-4-30(13-22(31)28-21-11-6-5-10-20(21)24(25,26)27)23(32)17-8-7-9-18(12-17)33-14-19-15(2)29-34-16(19)3/h5-12H,4,13-14H2,1-3H3,(H,28,31). The first-order chi connectivity index (χ1) is 16.1. The summed E-state index contributed by atoms with van der Waals surface area (Å²) in [6.07, 6.45) is -4.62. The minimum Gasteiger partial charge on any atom is -0.489 e. The van der Waals surface area contributed by atoms with Crippen molar-refractivity contribution < 1.29 is 32.0 Å². The fourth-order valence-electron chi connectivity index (χ4n) is 3.29. The van der Waals surface area contributed by atoms with Crippen LogP contribution in [0.1, 0.15) is 39.9 Å². The molecule has 3 aromatic rings. The molecule has 34 heavy (non-hydrogen) atoms. The van der Waals surface area contributed by atoms with Gasteiger partial charge in [0.2, 0.25) is 5.91 Å². The average Bonchev–Trinajstić information content (AvgIpc) is 3.12. The van der Waals surface area contributed by atoms with Gasteiger partial charge in [-0.3, -0.25) is 9.59 Å². The number of carbonyl (C=O) groups is 2. The number of para-hydroxylation sites is 1. The van der Waals surface area contributed by atoms with E-state index in [9.17, 15) is 22.8 Å². The molecule has 0 aliphatic carbocycles. The Balaban J connectivity index is 1.68. The van der Waals surface area contributed by atoms with E-state index in [0.29, 0.717) is 17.2 Å². The maximum Gasteiger partial charge on any atom is 0.418 e. The van der Waals surface area contributed by atoms with Crippen LogP contribution in [0.3, 0.4) is 0 Å². The highest BCUT2D eigenvalue weighted by atomic mass is 19.4. The normalized spacial score (nSPS) is 11.2. The SMILES string of the molecule is CCN(CC(=O)Nc1ccccc1C(F)(F)F)C(=O)c1cccc(OCc2c(C)noc2C)c1. The molecule has 0 unspecified atom stereocenters. The van der Waals surface area contributed by atoms with E-state index >= 15 is 0 Å². The van der Waals surface area contributed by atoms with Gasteiger partial charge in [-0.25, -0.2) is 0 Å². The zero-order valence-electron chi connectivity index (χ0n) is 18.9. The molecule has 0 aliphatic rings. The summed E-state index contributed by atoms with van der Waals surface area (Å²) < 4.78 is 50.4. The van der Waals surface area contributed by atoms with Gasteiger partial charge in [0, 0.05) is 12.1 Å². The van der Waals surface area contributed by atoms with E-state index in [-0.39, 0.29) is 24.4 Å². The Kier molecular flexibility index (Phi) is 7.60. The average molecular weight is 475 g/mol. The van der Waals surface area contributed by atoms with E-state index in [0.717, 1.165) is 11.6 Å². The summed E-state index contributed by atoms with van der Waals surface area (Å²) in [7, 11) is 0. The molecule has 3 rings (SSSR count). The van der Waals surface area contributed by atoms with Crippen molar-refractivity contribution in [2.24, 2.45) is 0 Å². The number of aryl methyl sites for hydroxylation is 2. The van der Waals surface area contributed by atoms with E-state index in [4.69, 9.17) is 9.26 Å². The highest BCUT2D eigenvalue weighted by Gasteiger charge is 2.33. The molecule has 1 heterocycles. The molecule has 0 bridgehead atoms. The van der Waals surface area contributed by atoms with Crippen LogP contribution in [0.25, 0.3) is 0 Å². The van der Waals surface area contributed by atoms with Crippen molar-refractivity contribution >= 4 is 17.5 Å². The van der Waals surface area contributed by atoms with Gasteiger partial charge in [0.05, 0.1) is 22.5 Å². The summed E-state index contributed by atoms with van der Waals surface area (Å²) in [6.45, 7) is 5.22. The van der Waals surface area contributed by atoms with Crippen LogP contribution in [0.5, 0.6) is 5.75 Å². The smallest absolute Gasteiger partial charge is 0.418 e. The quantitative estimate of drug-likeness (QED) is 0.496. The summed E-state index contributed by atoms with van der Waals surface area (Å²) in [5.74, 6) is -0.118. The van der Waals surface area contributed by atoms with Gasteiger partial charge >= 0.3 is 6.18 Å². The topological polar surface area (TPSA) is 84.7 Å². The van der Waals surface area contributed by atoms with E-state index in [2.05, 4.69) is 10.5 Å². The maximum atomic E-state index is 13.2. The molecule has 0 radical (unpaired) electrons. The number of hydrogen-bond acceptors (Lipinski definition) is 5. The van der Waals surface area contributed by atoms with Crippen LogP contribution >= 0.6 is 0 Å². The van der Waals surface area contributed by atoms with Crippen LogP contribution in [0.2, 0.25) is 0 Å². The van der Waals surface area contributed by atoms with Gasteiger partial charge in [0.15, 0.2) is 0 Å². The number of nitrogens with one attached hydrogen (secondary N) is 1. The third-order valence-corrected chi connectivity index (χ3v) is 5.16. The number of benzene rings is 2. The molecule has 0 saturated carbocycles. The summed E-state index contributed by atoms with van der Waals surface area (Å²) in [6, 6.07) is 11.1. The first-order valence-electron chi connectivity index (χ1n) is 10.5. The van der Waals surface area contributed by atoms with Crippen LogP contribution < -0.4 is 10.1 Å². The van der Waals surface area contributed by atoms with Gasteiger partial charge < -0.3 is 19.5 Å². The van der Waals surface area contributed by atoms with Crippen molar-refractivity contribution in [1.82, 2.24) is 10.1 Å². The second-order valence-corrected chi connectivity index (χ2v) is 7.53. The molecule has 180 valence electrons. The lowest BCUT2D eigenvalue weighted by atomic mass is 10.1. The van der Waals surface area contributed by atoms with Gasteiger partial charge in [-0.2, -0.15) is 13.2 Å². The zero-order chi connectivity index (χ0) is 24.9. The van der Waals surface area contributed by atoms with Gasteiger partial charge in [-0.1, -0.05) is 23.4 Å². The zero-order valence-corrected chi connectivity index (χ0v) is 18.9. The predicted molar refractivity (Wildman–Crippen MR) is 118 cm³/mol. The maximum absolute atomic E-state index is 13.2. The lowest BCUT2D eigenvalue weighted by molar-refractivity contribution is -0.137. The van der Waals surface area contributed by atoms with Crippen LogP contribution in [0, 0.1) is 13.8 Å². The van der Waals surface area contributed by atoms with E-state index in [1.807, 2.05) is 0 Å². The molecule has 0 atom stereocenters. The van der Waals surface area contributed by atoms with Crippen LogP contribution in [-0.4, -0.2) is 35.0 Å². The number of anilines is 1. The molecule has 0 spiro atoms. The molecule has 0 fully saturated rings. The number of alkyl halides is 3. The van der Waals surface area contributed by atoms with Crippen LogP contribution in [-0.2, 0) is 17.6 Å². The highest BCUT2D eigenvalue weighted by Crippen LogP contribution is 2.34. The predicted octanol–water partition coefficient (Wildman–Crippen LogP) is 4.99. The number of amides is 2. The summed E-state index contributed by atoms with van der Waals surface area (Å²) in [4.78, 5) is 26.7. The first-order valence-corrected chi connectivity index (χ1v) is 10.5. The molecule has 10 heteroatoms. The Morgan fingerprint density at radius 3 is 2.50 bits per heavy atom. The van der Waals surface area contributed by atoms with Crippen molar-refractivity contribution in [1.29, 1.82) is 0 Å². The fourth-order valence-corrected chi connectivity index (χ4v) is 3.29. The van der Waals surface area contributed by atoms with Gasteiger partial charge in [0.25, 0.3) is 5.91 Å². The molecule has 0 saturated heterocycles. The molecule has 7 nitrogen and oxygen atoms in total. The van der Waals surface area contributed by atoms with Gasteiger partial charge in [0.1, 0.15) is 24.7 Å². The highest BCUT2D eigenvalue weighted by molar-refractivity contribution is 5.99. The summed E-state index contributed by atoms with van der Waals surface area (Å²) >= 11 is 0. The number of nitrogens with zero attached hydrogens (tertiary/aromatic N) is 2. The van der Waals surface area contributed by atoms with Crippen molar-refractivity contribution in [2.45, 2.75) is 33.6 Å². The van der Waals surface area contributed by atoms with E-state index in [1.165, 1.54) is 23.1 Å². The Bertz CT molecular complexity index is 1150. The number of aromatic nitrogens is 1. The number of likely N-dealkylation sites (N-methyl/N-ethyl adjacent to an activating group) is 1. The van der Waals surface area contributed by atoms with Crippen molar-refractivity contribution in [3.05, 3.63) is 76.7 Å². The molecule has 1 N–H and O–H groups in total. The van der Waals surface area contributed by atoms with Gasteiger partial charge in [-0.15, -0.1) is 0 Å². The number of ether oxygens (including phenoxy) is 1. The lowest BCUT2D eigenvalue weighted by Gasteiger charge is -2.21. The third-order valence-electron chi connectivity index (χ3n) is 5.16. The lowest BCUT2D eigenvalue weighted by Crippen LogP contribution is -2.38. The van der Waals surface area contributed by atoms with Crippen molar-refractivity contribution in [2.75, 3.05) is 18.4 Å². The largest absolute Gasteiger partial charge is 0.489 e. The Hall–Kier alpha value is -3.82. The van der Waals surface area contributed by atoms with Gasteiger partial charge in [-0.05, 0) is 51.1 Å². The number of carbonyl (C=O) groups excluding carboxylic acids is 2. The van der Waals surface area contributed by atoms with E-state index in [1.54, 1.807) is 45.0 Å². The number of hydrogen-bond donors (Lipinski definition) is 1. The summed E-state index contributed by atoms with van der Waals surface area (Å²) in [5.41, 5.74) is 0.475. The second kappa shape index (κ2) is 10.4.